The fraction of sp³-hybridized carbons (Fsp3) is 0.684. The predicted octanol–water partition coefficient (Wildman–Crippen LogP) is 3.50. The number of hydrogen-bond donors (Lipinski definition) is 2. The van der Waals surface area contributed by atoms with Gasteiger partial charge in [0.25, 0.3) is 0 Å². The highest BCUT2D eigenvalue weighted by Crippen LogP contribution is 2.16. The van der Waals surface area contributed by atoms with E-state index in [-0.39, 0.29) is 30.1 Å². The minimum atomic E-state index is -0.401. The molecule has 1 unspecified atom stereocenters. The molecule has 0 aliphatic rings. The first-order valence-electron chi connectivity index (χ1n) is 9.24. The number of halogens is 1. The van der Waals surface area contributed by atoms with Crippen LogP contribution in [0.2, 0.25) is 0 Å². The van der Waals surface area contributed by atoms with E-state index in [9.17, 15) is 4.79 Å². The van der Waals surface area contributed by atoms with E-state index in [0.29, 0.717) is 35.5 Å². The van der Waals surface area contributed by atoms with E-state index < -0.39 is 5.97 Å². The van der Waals surface area contributed by atoms with E-state index in [2.05, 4.69) is 29.5 Å². The highest BCUT2D eigenvalue weighted by atomic mass is 127. The second-order valence-electron chi connectivity index (χ2n) is 6.32. The number of esters is 1. The van der Waals surface area contributed by atoms with Crippen molar-refractivity contribution in [1.82, 2.24) is 10.6 Å². The van der Waals surface area contributed by atoms with Gasteiger partial charge in [-0.15, -0.1) is 24.0 Å². The third-order valence-corrected chi connectivity index (χ3v) is 3.96. The minimum Gasteiger partial charge on any atom is -0.465 e. The third kappa shape index (κ3) is 8.96. The summed E-state index contributed by atoms with van der Waals surface area (Å²) in [6, 6.07) is 1.68. The van der Waals surface area contributed by atoms with Crippen LogP contribution in [0.15, 0.2) is 15.5 Å². The molecular weight excluding hydrogens is 461 g/mol. The van der Waals surface area contributed by atoms with E-state index in [1.165, 1.54) is 7.11 Å². The van der Waals surface area contributed by atoms with Crippen LogP contribution in [0.3, 0.4) is 0 Å². The molecule has 0 saturated heterocycles. The lowest BCUT2D eigenvalue weighted by molar-refractivity contribution is 0.0258. The van der Waals surface area contributed by atoms with Gasteiger partial charge in [-0.05, 0) is 39.2 Å². The summed E-state index contributed by atoms with van der Waals surface area (Å²) in [4.78, 5) is 16.2. The van der Waals surface area contributed by atoms with Crippen LogP contribution in [0.5, 0.6) is 0 Å². The molecule has 7 nitrogen and oxygen atoms in total. The van der Waals surface area contributed by atoms with Crippen molar-refractivity contribution in [3.05, 3.63) is 23.2 Å². The Bertz CT molecular complexity index is 588. The molecule has 1 atom stereocenters. The Morgan fingerprint density at radius 1 is 1.30 bits per heavy atom. The summed E-state index contributed by atoms with van der Waals surface area (Å²) in [6.07, 6.45) is 1.13. The monoisotopic (exact) mass is 495 g/mol. The van der Waals surface area contributed by atoms with E-state index >= 15 is 0 Å². The van der Waals surface area contributed by atoms with Gasteiger partial charge in [-0.3, -0.25) is 0 Å². The maximum absolute atomic E-state index is 11.6. The molecule has 1 heterocycles. The zero-order valence-electron chi connectivity index (χ0n) is 17.3. The number of aryl methyl sites for hydroxylation is 1. The molecule has 1 rings (SSSR count). The number of methoxy groups -OCH3 is 1. The van der Waals surface area contributed by atoms with E-state index in [0.717, 1.165) is 26.1 Å². The van der Waals surface area contributed by atoms with Crippen LogP contribution in [-0.2, 0) is 16.0 Å². The van der Waals surface area contributed by atoms with Gasteiger partial charge in [0.05, 0.1) is 13.2 Å². The third-order valence-electron chi connectivity index (χ3n) is 3.96. The van der Waals surface area contributed by atoms with Gasteiger partial charge >= 0.3 is 5.97 Å². The van der Waals surface area contributed by atoms with Gasteiger partial charge in [0.15, 0.2) is 5.96 Å². The van der Waals surface area contributed by atoms with Crippen molar-refractivity contribution in [2.45, 2.75) is 53.7 Å². The summed E-state index contributed by atoms with van der Waals surface area (Å²) < 4.78 is 16.1. The topological polar surface area (TPSA) is 85.1 Å². The lowest BCUT2D eigenvalue weighted by atomic mass is 10.0. The van der Waals surface area contributed by atoms with E-state index in [4.69, 9.17) is 13.9 Å². The lowest BCUT2D eigenvalue weighted by Crippen LogP contribution is -2.39. The Morgan fingerprint density at radius 2 is 2.00 bits per heavy atom. The molecule has 0 radical (unpaired) electrons. The van der Waals surface area contributed by atoms with Gasteiger partial charge in [0.1, 0.15) is 23.6 Å². The van der Waals surface area contributed by atoms with Crippen LogP contribution in [0.25, 0.3) is 0 Å². The zero-order chi connectivity index (χ0) is 19.5. The molecule has 0 bridgehead atoms. The second kappa shape index (κ2) is 13.8. The standard InChI is InChI=1S/C19H33N3O4.HI/c1-7-20-19(21-10-9-17(13(3)4)25-8-2)22-12-15-11-16(14(5)26-15)18(23)24-6;/h11,13,17H,7-10,12H2,1-6H3,(H2,20,21,22);1H. The first kappa shape index (κ1) is 25.7. The largest absolute Gasteiger partial charge is 0.465 e. The number of hydrogen-bond acceptors (Lipinski definition) is 5. The number of nitrogens with zero attached hydrogens (tertiary/aromatic N) is 1. The smallest absolute Gasteiger partial charge is 0.341 e. The fourth-order valence-electron chi connectivity index (χ4n) is 2.59. The van der Waals surface area contributed by atoms with Crippen LogP contribution in [-0.4, -0.2) is 44.8 Å². The summed E-state index contributed by atoms with van der Waals surface area (Å²) in [6.45, 7) is 12.7. The summed E-state index contributed by atoms with van der Waals surface area (Å²) in [7, 11) is 1.35. The van der Waals surface area contributed by atoms with Crippen LogP contribution in [0.4, 0.5) is 0 Å². The molecule has 27 heavy (non-hydrogen) atoms. The van der Waals surface area contributed by atoms with Crippen LogP contribution in [0.1, 0.15) is 56.0 Å². The molecule has 156 valence electrons. The van der Waals surface area contributed by atoms with Crippen LogP contribution in [0, 0.1) is 12.8 Å². The first-order valence-corrected chi connectivity index (χ1v) is 9.24. The second-order valence-corrected chi connectivity index (χ2v) is 6.32. The van der Waals surface area contributed by atoms with Gasteiger partial charge in [-0.25, -0.2) is 9.79 Å². The molecule has 0 fully saturated rings. The van der Waals surface area contributed by atoms with Crippen molar-refractivity contribution < 1.29 is 18.7 Å². The molecule has 1 aromatic rings. The average Bonchev–Trinajstić information content (AvgIpc) is 2.98. The van der Waals surface area contributed by atoms with Crippen molar-refractivity contribution in [3.8, 4) is 0 Å². The predicted molar refractivity (Wildman–Crippen MR) is 118 cm³/mol. The first-order chi connectivity index (χ1) is 12.4. The Hall–Kier alpha value is -1.29. The Labute approximate surface area is 179 Å². The van der Waals surface area contributed by atoms with Gasteiger partial charge in [-0.2, -0.15) is 0 Å². The molecule has 8 heteroatoms. The van der Waals surface area contributed by atoms with Gasteiger partial charge in [0.2, 0.25) is 0 Å². The maximum atomic E-state index is 11.6. The highest BCUT2D eigenvalue weighted by Gasteiger charge is 2.15. The molecule has 0 spiro atoms. The number of furan rings is 1. The molecule has 0 aromatic carbocycles. The number of carbonyl (C=O) groups is 1. The van der Waals surface area contributed by atoms with Gasteiger partial charge in [-0.1, -0.05) is 13.8 Å². The SMILES string of the molecule is CCNC(=NCc1cc(C(=O)OC)c(C)o1)NCCC(OCC)C(C)C.I. The Kier molecular flexibility index (Phi) is 13.2. The normalized spacial score (nSPS) is 12.5. The molecule has 0 aliphatic carbocycles. The molecule has 2 N–H and O–H groups in total. The maximum Gasteiger partial charge on any atom is 0.341 e. The van der Waals surface area contributed by atoms with Crippen molar-refractivity contribution in [1.29, 1.82) is 0 Å². The van der Waals surface area contributed by atoms with Crippen molar-refractivity contribution in [2.24, 2.45) is 10.9 Å². The zero-order valence-corrected chi connectivity index (χ0v) is 19.6. The average molecular weight is 495 g/mol. The number of rotatable bonds is 10. The number of ether oxygens (including phenoxy) is 2. The fourth-order valence-corrected chi connectivity index (χ4v) is 2.59. The number of aliphatic imine (C=N–C) groups is 1. The number of carbonyl (C=O) groups excluding carboxylic acids is 1. The summed E-state index contributed by atoms with van der Waals surface area (Å²) >= 11 is 0. The van der Waals surface area contributed by atoms with Crippen LogP contribution < -0.4 is 10.6 Å². The van der Waals surface area contributed by atoms with Gasteiger partial charge in [0, 0.05) is 19.7 Å². The van der Waals surface area contributed by atoms with E-state index in [1.54, 1.807) is 13.0 Å². The van der Waals surface area contributed by atoms with Gasteiger partial charge < -0.3 is 24.5 Å². The molecular formula is C19H34IN3O4. The summed E-state index contributed by atoms with van der Waals surface area (Å²) in [5.41, 5.74) is 0.437. The van der Waals surface area contributed by atoms with Crippen molar-refractivity contribution >= 4 is 35.9 Å². The van der Waals surface area contributed by atoms with Crippen molar-refractivity contribution in [3.63, 3.8) is 0 Å². The Morgan fingerprint density at radius 3 is 2.56 bits per heavy atom. The molecule has 0 amide bonds. The molecule has 0 aliphatic heterocycles. The van der Waals surface area contributed by atoms with Crippen LogP contribution >= 0.6 is 24.0 Å². The highest BCUT2D eigenvalue weighted by molar-refractivity contribution is 14.0. The molecule has 1 aromatic heterocycles. The Balaban J connectivity index is 0.00000676. The molecule has 0 saturated carbocycles. The summed E-state index contributed by atoms with van der Waals surface area (Å²) in [5.74, 6) is 1.94. The number of guanidine groups is 1. The quantitative estimate of drug-likeness (QED) is 0.224. The number of nitrogens with one attached hydrogen (secondary N) is 2. The van der Waals surface area contributed by atoms with E-state index in [1.807, 2.05) is 13.8 Å². The van der Waals surface area contributed by atoms with Crippen molar-refractivity contribution in [2.75, 3.05) is 26.8 Å². The lowest BCUT2D eigenvalue weighted by Gasteiger charge is -2.21. The minimum absolute atomic E-state index is 0. The summed E-state index contributed by atoms with van der Waals surface area (Å²) in [5, 5.41) is 6.52.